The van der Waals surface area contributed by atoms with Gasteiger partial charge in [0.05, 0.1) is 14.0 Å². The van der Waals surface area contributed by atoms with E-state index >= 15 is 0 Å². The highest BCUT2D eigenvalue weighted by atomic mass is 28.3. The number of benzene rings is 2. The van der Waals surface area contributed by atoms with Gasteiger partial charge in [0.25, 0.3) is 0 Å². The SMILES string of the molecule is C[C@@H]1CC[C@@H](C(C)(C)c2ccccc2)[C@H](OC(=O)[C@@H]2[C@@H](/C=C/[Si](C)(C)C)[C@H]2c2ccc(F)cc2)C1. The Bertz CT molecular complexity index is 1040. The first-order valence-corrected chi connectivity index (χ1v) is 16.8. The van der Waals surface area contributed by atoms with Gasteiger partial charge in [0.15, 0.2) is 0 Å². The minimum absolute atomic E-state index is 0.0669. The Balaban J connectivity index is 1.56. The average molecular weight is 493 g/mol. The van der Waals surface area contributed by atoms with Gasteiger partial charge in [-0.15, -0.1) is 0 Å². The molecule has 0 aliphatic heterocycles. The Morgan fingerprint density at radius 2 is 1.69 bits per heavy atom. The molecule has 0 amide bonds. The second kappa shape index (κ2) is 10.0. The van der Waals surface area contributed by atoms with Crippen LogP contribution in [0.2, 0.25) is 19.6 Å². The van der Waals surface area contributed by atoms with E-state index in [9.17, 15) is 9.18 Å². The Morgan fingerprint density at radius 1 is 1.03 bits per heavy atom. The number of halogens is 1. The molecule has 0 spiro atoms. The Hall–Kier alpha value is -2.20. The van der Waals surface area contributed by atoms with Gasteiger partial charge in [-0.2, -0.15) is 0 Å². The number of hydrogen-bond donors (Lipinski definition) is 0. The van der Waals surface area contributed by atoms with Crippen molar-refractivity contribution in [3.8, 4) is 0 Å². The lowest BCUT2D eigenvalue weighted by Crippen LogP contribution is -2.43. The van der Waals surface area contributed by atoms with E-state index in [1.54, 1.807) is 0 Å². The minimum Gasteiger partial charge on any atom is -0.462 e. The van der Waals surface area contributed by atoms with E-state index < -0.39 is 8.07 Å². The van der Waals surface area contributed by atoms with Gasteiger partial charge in [0.2, 0.25) is 0 Å². The number of carbonyl (C=O) groups is 1. The van der Waals surface area contributed by atoms with Crippen molar-refractivity contribution in [1.29, 1.82) is 0 Å². The average Bonchev–Trinajstić information content (AvgIpc) is 3.53. The van der Waals surface area contributed by atoms with Gasteiger partial charge in [-0.25, -0.2) is 4.39 Å². The number of ether oxygens (including phenoxy) is 1. The van der Waals surface area contributed by atoms with Gasteiger partial charge in [-0.3, -0.25) is 4.79 Å². The molecular weight excluding hydrogens is 451 g/mol. The second-order valence-electron chi connectivity index (χ2n) is 12.5. The molecular formula is C31H41FO2Si. The van der Waals surface area contributed by atoms with Crippen LogP contribution in [0.15, 0.2) is 66.4 Å². The second-order valence-corrected chi connectivity index (χ2v) is 17.6. The number of hydrogen-bond acceptors (Lipinski definition) is 2. The fourth-order valence-electron chi connectivity index (χ4n) is 5.99. The Labute approximate surface area is 212 Å². The molecule has 0 unspecified atom stereocenters. The van der Waals surface area contributed by atoms with Crippen LogP contribution in [0.25, 0.3) is 0 Å². The summed E-state index contributed by atoms with van der Waals surface area (Å²) >= 11 is 0. The highest BCUT2D eigenvalue weighted by molar-refractivity contribution is 6.80. The highest BCUT2D eigenvalue weighted by Crippen LogP contribution is 2.56. The molecule has 2 saturated carbocycles. The van der Waals surface area contributed by atoms with Gasteiger partial charge in [0, 0.05) is 11.8 Å². The molecule has 2 nitrogen and oxygen atoms in total. The third-order valence-corrected chi connectivity index (χ3v) is 9.38. The smallest absolute Gasteiger partial charge is 0.310 e. The zero-order valence-electron chi connectivity index (χ0n) is 22.1. The molecule has 0 heterocycles. The maximum absolute atomic E-state index is 13.7. The van der Waals surface area contributed by atoms with Crippen molar-refractivity contribution in [3.05, 3.63) is 83.3 Å². The first-order valence-electron chi connectivity index (χ1n) is 13.2. The largest absolute Gasteiger partial charge is 0.462 e. The number of allylic oxidation sites excluding steroid dienone is 1. The van der Waals surface area contributed by atoms with Crippen molar-refractivity contribution in [2.24, 2.45) is 23.7 Å². The zero-order chi connectivity index (χ0) is 25.4. The van der Waals surface area contributed by atoms with Gasteiger partial charge < -0.3 is 4.74 Å². The molecule has 4 rings (SSSR count). The molecule has 2 aliphatic rings. The molecule has 2 fully saturated rings. The molecule has 35 heavy (non-hydrogen) atoms. The van der Waals surface area contributed by atoms with E-state index in [2.05, 4.69) is 82.5 Å². The van der Waals surface area contributed by atoms with Crippen molar-refractivity contribution < 1.29 is 13.9 Å². The molecule has 6 atom stereocenters. The van der Waals surface area contributed by atoms with Gasteiger partial charge in [0.1, 0.15) is 11.9 Å². The monoisotopic (exact) mass is 492 g/mol. The first-order chi connectivity index (χ1) is 16.5. The summed E-state index contributed by atoms with van der Waals surface area (Å²) in [6.45, 7) is 13.7. The van der Waals surface area contributed by atoms with Crippen LogP contribution in [0, 0.1) is 29.5 Å². The lowest BCUT2D eigenvalue weighted by atomic mass is 9.64. The maximum atomic E-state index is 13.7. The summed E-state index contributed by atoms with van der Waals surface area (Å²) in [7, 11) is -1.40. The first kappa shape index (κ1) is 25.9. The van der Waals surface area contributed by atoms with E-state index in [0.29, 0.717) is 5.92 Å². The number of rotatable bonds is 7. The molecule has 0 aromatic heterocycles. The molecule has 4 heteroatoms. The summed E-state index contributed by atoms with van der Waals surface area (Å²) in [5.41, 5.74) is 4.57. The third-order valence-electron chi connectivity index (χ3n) is 8.19. The van der Waals surface area contributed by atoms with Gasteiger partial charge in [-0.05, 0) is 53.4 Å². The van der Waals surface area contributed by atoms with Crippen molar-refractivity contribution >= 4 is 14.0 Å². The van der Waals surface area contributed by atoms with Crippen LogP contribution in [0.3, 0.4) is 0 Å². The normalized spacial score (nSPS) is 29.2. The van der Waals surface area contributed by atoms with Crippen LogP contribution in [-0.4, -0.2) is 20.1 Å². The summed E-state index contributed by atoms with van der Waals surface area (Å²) in [4.78, 5) is 13.7. The van der Waals surface area contributed by atoms with E-state index in [1.165, 1.54) is 17.7 Å². The lowest BCUT2D eigenvalue weighted by molar-refractivity contribution is -0.158. The predicted octanol–water partition coefficient (Wildman–Crippen LogP) is 7.91. The van der Waals surface area contributed by atoms with Crippen LogP contribution in [-0.2, 0) is 14.9 Å². The maximum Gasteiger partial charge on any atom is 0.310 e. The van der Waals surface area contributed by atoms with Crippen LogP contribution in [0.1, 0.15) is 57.1 Å². The molecule has 2 aromatic carbocycles. The van der Waals surface area contributed by atoms with Crippen molar-refractivity contribution in [1.82, 2.24) is 0 Å². The van der Waals surface area contributed by atoms with Crippen molar-refractivity contribution in [3.63, 3.8) is 0 Å². The third kappa shape index (κ3) is 5.96. The molecule has 0 N–H and O–H groups in total. The molecule has 2 aliphatic carbocycles. The summed E-state index contributed by atoms with van der Waals surface area (Å²) < 4.78 is 20.0. The van der Waals surface area contributed by atoms with E-state index in [4.69, 9.17) is 4.74 Å². The fraction of sp³-hybridized carbons (Fsp3) is 0.516. The lowest BCUT2D eigenvalue weighted by Gasteiger charge is -2.44. The number of esters is 1. The van der Waals surface area contributed by atoms with E-state index in [1.807, 2.05) is 12.1 Å². The van der Waals surface area contributed by atoms with Gasteiger partial charge in [-0.1, -0.05) is 101 Å². The van der Waals surface area contributed by atoms with Crippen LogP contribution < -0.4 is 0 Å². The fourth-order valence-corrected chi connectivity index (χ4v) is 6.79. The molecule has 0 saturated heterocycles. The number of carbonyl (C=O) groups excluding carboxylic acids is 1. The summed E-state index contributed by atoms with van der Waals surface area (Å²) in [6, 6.07) is 17.3. The van der Waals surface area contributed by atoms with Crippen LogP contribution in [0.4, 0.5) is 4.39 Å². The van der Waals surface area contributed by atoms with E-state index in [0.717, 1.165) is 24.8 Å². The summed E-state index contributed by atoms with van der Waals surface area (Å²) in [6.07, 6.45) is 5.29. The predicted molar refractivity (Wildman–Crippen MR) is 144 cm³/mol. The molecule has 188 valence electrons. The molecule has 0 bridgehead atoms. The quantitative estimate of drug-likeness (QED) is 0.290. The van der Waals surface area contributed by atoms with Crippen molar-refractivity contribution in [2.75, 3.05) is 0 Å². The summed E-state index contributed by atoms with van der Waals surface area (Å²) in [5.74, 6) is 0.501. The Morgan fingerprint density at radius 3 is 2.31 bits per heavy atom. The Kier molecular flexibility index (Phi) is 7.43. The zero-order valence-corrected chi connectivity index (χ0v) is 23.1. The minimum atomic E-state index is -1.40. The van der Waals surface area contributed by atoms with Gasteiger partial charge >= 0.3 is 5.97 Å². The van der Waals surface area contributed by atoms with E-state index in [-0.39, 0.29) is 47.0 Å². The van der Waals surface area contributed by atoms with Crippen LogP contribution >= 0.6 is 0 Å². The molecule has 0 radical (unpaired) electrons. The molecule has 2 aromatic rings. The standard InChI is InChI=1S/C31H41FO2Si/c1-21-12-17-26(31(2,3)23-10-8-7-9-11-23)27(20-21)34-30(33)29-25(18-19-35(4,5)6)28(29)22-13-15-24(32)16-14-22/h7-11,13-16,18-19,21,25-29H,12,17,20H2,1-6H3/b19-18+/t21-,25+,26-,27-,28-,29-/m1/s1. The van der Waals surface area contributed by atoms with Crippen LogP contribution in [0.5, 0.6) is 0 Å². The summed E-state index contributed by atoms with van der Waals surface area (Å²) in [5, 5.41) is 0. The van der Waals surface area contributed by atoms with Crippen molar-refractivity contribution in [2.45, 2.75) is 77.1 Å². The highest BCUT2D eigenvalue weighted by Gasteiger charge is 2.56. The topological polar surface area (TPSA) is 26.3 Å².